The second-order valence-corrected chi connectivity index (χ2v) is 4.56. The number of methoxy groups -OCH3 is 1. The average Bonchev–Trinajstić information content (AvgIpc) is 2.41. The van der Waals surface area contributed by atoms with Crippen molar-refractivity contribution in [1.29, 1.82) is 0 Å². The maximum Gasteiger partial charge on any atom is 0.179 e. The molecule has 0 aromatic heterocycles. The van der Waals surface area contributed by atoms with Crippen molar-refractivity contribution in [2.75, 3.05) is 26.9 Å². The number of benzene rings is 1. The first-order valence-corrected chi connectivity index (χ1v) is 6.91. The van der Waals surface area contributed by atoms with Gasteiger partial charge >= 0.3 is 0 Å². The Bertz CT molecular complexity index is 385. The minimum atomic E-state index is 0.240. The molecule has 0 saturated carbocycles. The van der Waals surface area contributed by atoms with Crippen molar-refractivity contribution < 1.29 is 14.6 Å². The summed E-state index contributed by atoms with van der Waals surface area (Å²) in [6, 6.07) is 3.81. The predicted molar refractivity (Wildman–Crippen MR) is 77.2 cm³/mol. The minimum Gasteiger partial charge on any atom is -0.493 e. The van der Waals surface area contributed by atoms with Crippen LogP contribution in [0.25, 0.3) is 0 Å². The zero-order chi connectivity index (χ0) is 14.1. The Morgan fingerprint density at radius 3 is 2.74 bits per heavy atom. The molecular formula is C14H22ClNO3. The summed E-state index contributed by atoms with van der Waals surface area (Å²) in [5.74, 6) is 1.25. The van der Waals surface area contributed by atoms with Gasteiger partial charge in [-0.2, -0.15) is 0 Å². The SMILES string of the molecule is CCOc1c(Cl)cc(CNCCCCO)cc1OC. The van der Waals surface area contributed by atoms with Gasteiger partial charge in [-0.3, -0.25) is 0 Å². The summed E-state index contributed by atoms with van der Waals surface area (Å²) in [7, 11) is 1.60. The zero-order valence-electron chi connectivity index (χ0n) is 11.5. The van der Waals surface area contributed by atoms with E-state index in [1.54, 1.807) is 7.11 Å². The smallest absolute Gasteiger partial charge is 0.179 e. The van der Waals surface area contributed by atoms with Gasteiger partial charge < -0.3 is 19.9 Å². The molecule has 0 atom stereocenters. The van der Waals surface area contributed by atoms with E-state index in [9.17, 15) is 0 Å². The number of unbranched alkanes of at least 4 members (excludes halogenated alkanes) is 1. The molecule has 5 heteroatoms. The van der Waals surface area contributed by atoms with Crippen LogP contribution in [0.3, 0.4) is 0 Å². The van der Waals surface area contributed by atoms with Crippen LogP contribution in [-0.2, 0) is 6.54 Å². The van der Waals surface area contributed by atoms with Gasteiger partial charge in [0, 0.05) is 13.2 Å². The lowest BCUT2D eigenvalue weighted by Gasteiger charge is -2.13. The van der Waals surface area contributed by atoms with Gasteiger partial charge in [-0.1, -0.05) is 11.6 Å². The van der Waals surface area contributed by atoms with Crippen molar-refractivity contribution in [3.05, 3.63) is 22.7 Å². The van der Waals surface area contributed by atoms with Gasteiger partial charge in [0.15, 0.2) is 11.5 Å². The van der Waals surface area contributed by atoms with Crippen LogP contribution in [0.15, 0.2) is 12.1 Å². The summed E-state index contributed by atoms with van der Waals surface area (Å²) >= 11 is 6.19. The predicted octanol–water partition coefficient (Wildman–Crippen LogP) is 2.61. The number of hydrogen-bond donors (Lipinski definition) is 2. The van der Waals surface area contributed by atoms with E-state index in [1.807, 2.05) is 19.1 Å². The van der Waals surface area contributed by atoms with E-state index in [0.717, 1.165) is 24.9 Å². The lowest BCUT2D eigenvalue weighted by Crippen LogP contribution is -2.15. The monoisotopic (exact) mass is 287 g/mol. The summed E-state index contributed by atoms with van der Waals surface area (Å²) in [6.45, 7) is 4.28. The van der Waals surface area contributed by atoms with Crippen LogP contribution < -0.4 is 14.8 Å². The molecule has 0 bridgehead atoms. The highest BCUT2D eigenvalue weighted by Crippen LogP contribution is 2.36. The van der Waals surface area contributed by atoms with Crippen molar-refractivity contribution in [2.24, 2.45) is 0 Å². The molecule has 0 heterocycles. The highest BCUT2D eigenvalue weighted by molar-refractivity contribution is 6.32. The highest BCUT2D eigenvalue weighted by atomic mass is 35.5. The molecule has 2 N–H and O–H groups in total. The molecule has 0 aliphatic carbocycles. The maximum atomic E-state index is 8.69. The van der Waals surface area contributed by atoms with Crippen LogP contribution in [0.5, 0.6) is 11.5 Å². The Labute approximate surface area is 119 Å². The lowest BCUT2D eigenvalue weighted by atomic mass is 10.2. The van der Waals surface area contributed by atoms with E-state index >= 15 is 0 Å². The molecule has 0 unspecified atom stereocenters. The van der Waals surface area contributed by atoms with E-state index in [-0.39, 0.29) is 6.61 Å². The fourth-order valence-electron chi connectivity index (χ4n) is 1.75. The third-order valence-electron chi connectivity index (χ3n) is 2.67. The quantitative estimate of drug-likeness (QED) is 0.686. The molecular weight excluding hydrogens is 266 g/mol. The Kier molecular flexibility index (Phi) is 7.63. The number of rotatable bonds is 9. The van der Waals surface area contributed by atoms with Crippen molar-refractivity contribution in [1.82, 2.24) is 5.32 Å². The van der Waals surface area contributed by atoms with Gasteiger partial charge in [0.25, 0.3) is 0 Å². The maximum absolute atomic E-state index is 8.69. The first kappa shape index (κ1) is 16.1. The molecule has 0 aliphatic heterocycles. The van der Waals surface area contributed by atoms with E-state index in [1.165, 1.54) is 0 Å². The van der Waals surface area contributed by atoms with Crippen LogP contribution >= 0.6 is 11.6 Å². The fourth-order valence-corrected chi connectivity index (χ4v) is 2.04. The highest BCUT2D eigenvalue weighted by Gasteiger charge is 2.11. The molecule has 4 nitrogen and oxygen atoms in total. The Morgan fingerprint density at radius 1 is 1.32 bits per heavy atom. The molecule has 108 valence electrons. The molecule has 0 aliphatic rings. The number of aliphatic hydroxyl groups excluding tert-OH is 1. The van der Waals surface area contributed by atoms with Crippen molar-refractivity contribution in [3.63, 3.8) is 0 Å². The lowest BCUT2D eigenvalue weighted by molar-refractivity contribution is 0.283. The molecule has 19 heavy (non-hydrogen) atoms. The van der Waals surface area contributed by atoms with Crippen LogP contribution in [-0.4, -0.2) is 32.0 Å². The summed E-state index contributed by atoms with van der Waals surface area (Å²) in [5, 5.41) is 12.6. The number of nitrogens with one attached hydrogen (secondary N) is 1. The van der Waals surface area contributed by atoms with E-state index < -0.39 is 0 Å². The van der Waals surface area contributed by atoms with Crippen molar-refractivity contribution >= 4 is 11.6 Å². The number of hydrogen-bond acceptors (Lipinski definition) is 4. The Morgan fingerprint density at radius 2 is 2.11 bits per heavy atom. The molecule has 0 radical (unpaired) electrons. The van der Waals surface area contributed by atoms with Gasteiger partial charge in [-0.05, 0) is 44.0 Å². The number of aliphatic hydroxyl groups is 1. The molecule has 1 aromatic carbocycles. The number of ether oxygens (including phenoxy) is 2. The third-order valence-corrected chi connectivity index (χ3v) is 2.95. The summed E-state index contributed by atoms with van der Waals surface area (Å²) in [6.07, 6.45) is 1.78. The van der Waals surface area contributed by atoms with Gasteiger partial charge in [0.1, 0.15) is 0 Å². The van der Waals surface area contributed by atoms with Crippen LogP contribution in [0.4, 0.5) is 0 Å². The average molecular weight is 288 g/mol. The van der Waals surface area contributed by atoms with E-state index in [2.05, 4.69) is 5.32 Å². The summed E-state index contributed by atoms with van der Waals surface area (Å²) < 4.78 is 10.8. The summed E-state index contributed by atoms with van der Waals surface area (Å²) in [4.78, 5) is 0. The van der Waals surface area contributed by atoms with Gasteiger partial charge in [-0.15, -0.1) is 0 Å². The molecule has 0 fully saturated rings. The topological polar surface area (TPSA) is 50.7 Å². The van der Waals surface area contributed by atoms with Crippen LogP contribution in [0, 0.1) is 0 Å². The number of halogens is 1. The molecule has 0 spiro atoms. The third kappa shape index (κ3) is 5.27. The fraction of sp³-hybridized carbons (Fsp3) is 0.571. The van der Waals surface area contributed by atoms with Gasteiger partial charge in [-0.25, -0.2) is 0 Å². The van der Waals surface area contributed by atoms with Crippen molar-refractivity contribution in [2.45, 2.75) is 26.3 Å². The minimum absolute atomic E-state index is 0.240. The zero-order valence-corrected chi connectivity index (χ0v) is 12.3. The standard InChI is InChI=1S/C14H22ClNO3/c1-3-19-14-12(15)8-11(9-13(14)18-2)10-16-6-4-5-7-17/h8-9,16-17H,3-7,10H2,1-2H3. The Balaban J connectivity index is 2.62. The largest absolute Gasteiger partial charge is 0.493 e. The molecule has 0 saturated heterocycles. The summed E-state index contributed by atoms with van der Waals surface area (Å²) in [5.41, 5.74) is 1.05. The first-order valence-electron chi connectivity index (χ1n) is 6.53. The van der Waals surface area contributed by atoms with E-state index in [4.69, 9.17) is 26.2 Å². The second kappa shape index (κ2) is 9.02. The van der Waals surface area contributed by atoms with Crippen LogP contribution in [0.1, 0.15) is 25.3 Å². The molecule has 1 aromatic rings. The van der Waals surface area contributed by atoms with Gasteiger partial charge in [0.2, 0.25) is 0 Å². The van der Waals surface area contributed by atoms with E-state index in [0.29, 0.717) is 29.7 Å². The second-order valence-electron chi connectivity index (χ2n) is 4.15. The van der Waals surface area contributed by atoms with Crippen molar-refractivity contribution in [3.8, 4) is 11.5 Å². The van der Waals surface area contributed by atoms with Crippen LogP contribution in [0.2, 0.25) is 5.02 Å². The first-order chi connectivity index (χ1) is 9.22. The molecule has 0 amide bonds. The Hall–Kier alpha value is -0.970. The normalized spacial score (nSPS) is 10.5. The van der Waals surface area contributed by atoms with Gasteiger partial charge in [0.05, 0.1) is 18.7 Å². The molecule has 1 rings (SSSR count).